The predicted molar refractivity (Wildman–Crippen MR) is 108 cm³/mol. The normalized spacial score (nSPS) is 11.1. The molecule has 0 aliphatic heterocycles. The molecule has 0 unspecified atom stereocenters. The molecule has 1 amide bonds. The number of nitrogens with two attached hydrogens (primary N) is 1. The van der Waals surface area contributed by atoms with Gasteiger partial charge in [-0.2, -0.15) is 0 Å². The smallest absolute Gasteiger partial charge is 0.261 e. The third-order valence-electron chi connectivity index (χ3n) is 3.82. The minimum absolute atomic E-state index is 0.0652. The van der Waals surface area contributed by atoms with Crippen LogP contribution in [0, 0.1) is 0 Å². The first-order valence-corrected chi connectivity index (χ1v) is 10.6. The SMILES string of the molecule is NC(=O)c1ccc(S(=O)(=O)Nc2ccccc2SCc2ccccc2)cc1. The van der Waals surface area contributed by atoms with Gasteiger partial charge in [0.1, 0.15) is 0 Å². The molecule has 3 rings (SSSR count). The first-order chi connectivity index (χ1) is 13.0. The van der Waals surface area contributed by atoms with E-state index >= 15 is 0 Å². The fourth-order valence-corrected chi connectivity index (χ4v) is 4.52. The van der Waals surface area contributed by atoms with E-state index in [-0.39, 0.29) is 10.5 Å². The van der Waals surface area contributed by atoms with Gasteiger partial charge in [0.15, 0.2) is 0 Å². The Balaban J connectivity index is 1.79. The average molecular weight is 399 g/mol. The van der Waals surface area contributed by atoms with Crippen molar-refractivity contribution in [1.82, 2.24) is 0 Å². The van der Waals surface area contributed by atoms with Gasteiger partial charge in [0.2, 0.25) is 5.91 Å². The number of benzene rings is 3. The van der Waals surface area contributed by atoms with Crippen LogP contribution < -0.4 is 10.5 Å². The summed E-state index contributed by atoms with van der Waals surface area (Å²) in [7, 11) is -3.78. The first-order valence-electron chi connectivity index (χ1n) is 8.14. The quantitative estimate of drug-likeness (QED) is 0.591. The summed E-state index contributed by atoms with van der Waals surface area (Å²) in [5, 5.41) is 0. The average Bonchev–Trinajstić information content (AvgIpc) is 2.68. The maximum absolute atomic E-state index is 12.7. The Morgan fingerprint density at radius 1 is 0.889 bits per heavy atom. The van der Waals surface area contributed by atoms with Crippen LogP contribution in [0.4, 0.5) is 5.69 Å². The summed E-state index contributed by atoms with van der Waals surface area (Å²) in [6, 6.07) is 22.7. The number of primary amides is 1. The Morgan fingerprint density at radius 3 is 2.19 bits per heavy atom. The van der Waals surface area contributed by atoms with Crippen LogP contribution in [-0.2, 0) is 15.8 Å². The van der Waals surface area contributed by atoms with E-state index in [1.54, 1.807) is 23.9 Å². The molecule has 0 bridgehead atoms. The van der Waals surface area contributed by atoms with Gasteiger partial charge in [0, 0.05) is 16.2 Å². The van der Waals surface area contributed by atoms with Crippen LogP contribution in [0.15, 0.2) is 88.7 Å². The third kappa shape index (κ3) is 4.90. The van der Waals surface area contributed by atoms with Crippen LogP contribution in [0.3, 0.4) is 0 Å². The number of hydrogen-bond acceptors (Lipinski definition) is 4. The lowest BCUT2D eigenvalue weighted by atomic mass is 10.2. The number of carbonyl (C=O) groups excluding carboxylic acids is 1. The Kier molecular flexibility index (Phi) is 5.83. The second kappa shape index (κ2) is 8.28. The van der Waals surface area contributed by atoms with Crippen LogP contribution in [0.5, 0.6) is 0 Å². The van der Waals surface area contributed by atoms with Gasteiger partial charge < -0.3 is 5.73 Å². The second-order valence-electron chi connectivity index (χ2n) is 5.76. The highest BCUT2D eigenvalue weighted by atomic mass is 32.2. The molecule has 3 N–H and O–H groups in total. The number of nitrogens with one attached hydrogen (secondary N) is 1. The van der Waals surface area contributed by atoms with Gasteiger partial charge in [0.05, 0.1) is 10.6 Å². The molecule has 0 spiro atoms. The van der Waals surface area contributed by atoms with Gasteiger partial charge in [0.25, 0.3) is 10.0 Å². The van der Waals surface area contributed by atoms with Gasteiger partial charge in [-0.05, 0) is 42.0 Å². The number of amides is 1. The zero-order valence-corrected chi connectivity index (χ0v) is 16.0. The molecular formula is C20H18N2O3S2. The van der Waals surface area contributed by atoms with Gasteiger partial charge in [-0.25, -0.2) is 8.42 Å². The highest BCUT2D eigenvalue weighted by Gasteiger charge is 2.16. The van der Waals surface area contributed by atoms with Crippen molar-refractivity contribution in [2.75, 3.05) is 4.72 Å². The van der Waals surface area contributed by atoms with E-state index < -0.39 is 15.9 Å². The van der Waals surface area contributed by atoms with E-state index in [1.165, 1.54) is 24.3 Å². The van der Waals surface area contributed by atoms with Gasteiger partial charge in [-0.15, -0.1) is 11.8 Å². The monoisotopic (exact) mass is 398 g/mol. The highest BCUT2D eigenvalue weighted by Crippen LogP contribution is 2.31. The first kappa shape index (κ1) is 19.0. The van der Waals surface area contributed by atoms with E-state index in [4.69, 9.17) is 5.73 Å². The van der Waals surface area contributed by atoms with E-state index in [2.05, 4.69) is 4.72 Å². The number of carbonyl (C=O) groups is 1. The van der Waals surface area contributed by atoms with Crippen molar-refractivity contribution in [2.45, 2.75) is 15.5 Å². The highest BCUT2D eigenvalue weighted by molar-refractivity contribution is 7.98. The van der Waals surface area contributed by atoms with Crippen LogP contribution >= 0.6 is 11.8 Å². The van der Waals surface area contributed by atoms with Crippen molar-refractivity contribution >= 4 is 33.4 Å². The lowest BCUT2D eigenvalue weighted by molar-refractivity contribution is 0.1000. The lowest BCUT2D eigenvalue weighted by Crippen LogP contribution is -2.15. The fourth-order valence-electron chi connectivity index (χ4n) is 2.41. The molecule has 3 aromatic carbocycles. The van der Waals surface area contributed by atoms with Crippen molar-refractivity contribution in [3.05, 3.63) is 90.0 Å². The second-order valence-corrected chi connectivity index (χ2v) is 8.46. The van der Waals surface area contributed by atoms with Crippen LogP contribution in [0.25, 0.3) is 0 Å². The van der Waals surface area contributed by atoms with Crippen LogP contribution in [0.2, 0.25) is 0 Å². The minimum Gasteiger partial charge on any atom is -0.366 e. The van der Waals surface area contributed by atoms with Crippen LogP contribution in [0.1, 0.15) is 15.9 Å². The Bertz CT molecular complexity index is 1030. The molecule has 0 atom stereocenters. The van der Waals surface area contributed by atoms with E-state index in [9.17, 15) is 13.2 Å². The predicted octanol–water partition coefficient (Wildman–Crippen LogP) is 3.88. The molecule has 3 aromatic rings. The number of para-hydroxylation sites is 1. The number of rotatable bonds is 7. The molecule has 0 heterocycles. The molecule has 5 nitrogen and oxygen atoms in total. The van der Waals surface area contributed by atoms with Gasteiger partial charge in [-0.1, -0.05) is 42.5 Å². The number of sulfonamides is 1. The molecule has 0 saturated carbocycles. The maximum atomic E-state index is 12.7. The lowest BCUT2D eigenvalue weighted by Gasteiger charge is -2.12. The molecule has 0 aliphatic carbocycles. The zero-order chi connectivity index (χ0) is 19.3. The van der Waals surface area contributed by atoms with Crippen molar-refractivity contribution in [2.24, 2.45) is 5.73 Å². The topological polar surface area (TPSA) is 89.3 Å². The molecular weight excluding hydrogens is 380 g/mol. The summed E-state index contributed by atoms with van der Waals surface area (Å²) in [6.07, 6.45) is 0. The molecule has 27 heavy (non-hydrogen) atoms. The molecule has 0 radical (unpaired) electrons. The number of anilines is 1. The summed E-state index contributed by atoms with van der Waals surface area (Å²) < 4.78 is 28.0. The molecule has 0 fully saturated rings. The van der Waals surface area contributed by atoms with Gasteiger partial charge in [-0.3, -0.25) is 9.52 Å². The van der Waals surface area contributed by atoms with E-state index in [0.29, 0.717) is 5.69 Å². The summed E-state index contributed by atoms with van der Waals surface area (Å²) in [4.78, 5) is 12.0. The van der Waals surface area contributed by atoms with Crippen molar-refractivity contribution < 1.29 is 13.2 Å². The Labute approximate surface area is 162 Å². The summed E-state index contributed by atoms with van der Waals surface area (Å²) in [5.41, 5.74) is 7.11. The van der Waals surface area contributed by atoms with E-state index in [0.717, 1.165) is 16.2 Å². The molecule has 0 saturated heterocycles. The Morgan fingerprint density at radius 2 is 1.52 bits per heavy atom. The minimum atomic E-state index is -3.78. The zero-order valence-electron chi connectivity index (χ0n) is 14.3. The summed E-state index contributed by atoms with van der Waals surface area (Å²) in [6.45, 7) is 0. The Hall–Kier alpha value is -2.77. The van der Waals surface area contributed by atoms with Crippen molar-refractivity contribution in [3.63, 3.8) is 0 Å². The van der Waals surface area contributed by atoms with E-state index in [1.807, 2.05) is 42.5 Å². The molecule has 7 heteroatoms. The number of hydrogen-bond donors (Lipinski definition) is 2. The largest absolute Gasteiger partial charge is 0.366 e. The molecule has 0 aromatic heterocycles. The maximum Gasteiger partial charge on any atom is 0.261 e. The third-order valence-corrected chi connectivity index (χ3v) is 6.34. The van der Waals surface area contributed by atoms with Crippen LogP contribution in [-0.4, -0.2) is 14.3 Å². The standard InChI is InChI=1S/C20H18N2O3S2/c21-20(23)16-10-12-17(13-11-16)27(24,25)22-18-8-4-5-9-19(18)26-14-15-6-2-1-3-7-15/h1-13,22H,14H2,(H2,21,23). The summed E-state index contributed by atoms with van der Waals surface area (Å²) in [5.74, 6) is 0.127. The van der Waals surface area contributed by atoms with Crippen molar-refractivity contribution in [3.8, 4) is 0 Å². The molecule has 0 aliphatic rings. The fraction of sp³-hybridized carbons (Fsp3) is 0.0500. The number of thioether (sulfide) groups is 1. The van der Waals surface area contributed by atoms with Gasteiger partial charge >= 0.3 is 0 Å². The van der Waals surface area contributed by atoms with Crippen molar-refractivity contribution in [1.29, 1.82) is 0 Å². The molecule has 138 valence electrons. The summed E-state index contributed by atoms with van der Waals surface area (Å²) >= 11 is 1.55.